The molecular formula is C9H18N2O2. The molecular weight excluding hydrogens is 168 g/mol. The van der Waals surface area contributed by atoms with E-state index in [1.54, 1.807) is 7.05 Å². The Bertz CT molecular complexity index is 173. The second-order valence-electron chi connectivity index (χ2n) is 3.54. The van der Waals surface area contributed by atoms with E-state index in [0.29, 0.717) is 25.0 Å². The predicted octanol–water partition coefficient (Wildman–Crippen LogP) is 0.717. The summed E-state index contributed by atoms with van der Waals surface area (Å²) >= 11 is 0. The summed E-state index contributed by atoms with van der Waals surface area (Å²) in [5.74, 6) is 1.02. The van der Waals surface area contributed by atoms with Gasteiger partial charge in [0.15, 0.2) is 0 Å². The van der Waals surface area contributed by atoms with Crippen LogP contribution in [0.4, 0.5) is 4.79 Å². The van der Waals surface area contributed by atoms with Crippen molar-refractivity contribution in [3.63, 3.8) is 0 Å². The number of nitrogens with one attached hydrogen (secondary N) is 1. The normalized spacial score (nSPS) is 27.2. The molecule has 0 spiro atoms. The molecule has 2 atom stereocenters. The van der Waals surface area contributed by atoms with Gasteiger partial charge in [0.1, 0.15) is 0 Å². The molecule has 4 heteroatoms. The Morgan fingerprint density at radius 1 is 1.54 bits per heavy atom. The lowest BCUT2D eigenvalue weighted by atomic mass is 9.97. The summed E-state index contributed by atoms with van der Waals surface area (Å²) in [5, 5.41) is 2.43. The zero-order valence-electron chi connectivity index (χ0n) is 8.08. The van der Waals surface area contributed by atoms with Crippen LogP contribution in [0.2, 0.25) is 0 Å². The van der Waals surface area contributed by atoms with E-state index >= 15 is 0 Å². The van der Waals surface area contributed by atoms with Gasteiger partial charge in [-0.25, -0.2) is 4.79 Å². The highest BCUT2D eigenvalue weighted by Crippen LogP contribution is 2.30. The molecule has 0 aromatic heterocycles. The van der Waals surface area contributed by atoms with Gasteiger partial charge >= 0.3 is 6.09 Å². The minimum absolute atomic E-state index is 0.345. The van der Waals surface area contributed by atoms with Gasteiger partial charge in [-0.2, -0.15) is 0 Å². The SMILES string of the molecule is CNC(=O)OCC1CCCC1CN. The first-order valence-corrected chi connectivity index (χ1v) is 4.82. The summed E-state index contributed by atoms with van der Waals surface area (Å²) in [5.41, 5.74) is 5.61. The average molecular weight is 186 g/mol. The molecule has 4 nitrogen and oxygen atoms in total. The summed E-state index contributed by atoms with van der Waals surface area (Å²) in [4.78, 5) is 10.8. The number of alkyl carbamates (subject to hydrolysis) is 1. The number of amides is 1. The Hall–Kier alpha value is -0.770. The van der Waals surface area contributed by atoms with Crippen molar-refractivity contribution in [2.24, 2.45) is 17.6 Å². The Labute approximate surface area is 78.8 Å². The van der Waals surface area contributed by atoms with E-state index in [4.69, 9.17) is 10.5 Å². The zero-order valence-corrected chi connectivity index (χ0v) is 8.08. The molecule has 1 rings (SSSR count). The van der Waals surface area contributed by atoms with Gasteiger partial charge in [0.2, 0.25) is 0 Å². The molecule has 3 N–H and O–H groups in total. The summed E-state index contributed by atoms with van der Waals surface area (Å²) in [6.07, 6.45) is 3.18. The monoisotopic (exact) mass is 186 g/mol. The van der Waals surface area contributed by atoms with E-state index < -0.39 is 0 Å². The minimum atomic E-state index is -0.345. The standard InChI is InChI=1S/C9H18N2O2/c1-11-9(12)13-6-8-4-2-3-7(8)5-10/h7-8H,2-6,10H2,1H3,(H,11,12). The zero-order chi connectivity index (χ0) is 9.68. The van der Waals surface area contributed by atoms with Crippen molar-refractivity contribution in [1.29, 1.82) is 0 Å². The third-order valence-corrected chi connectivity index (χ3v) is 2.75. The molecule has 0 saturated heterocycles. The Morgan fingerprint density at radius 3 is 2.85 bits per heavy atom. The molecule has 1 aliphatic carbocycles. The van der Waals surface area contributed by atoms with Gasteiger partial charge in [0.05, 0.1) is 6.61 Å². The molecule has 0 aromatic rings. The Kier molecular flexibility index (Phi) is 4.02. The molecule has 1 fully saturated rings. The van der Waals surface area contributed by atoms with Gasteiger partial charge in [0.25, 0.3) is 0 Å². The molecule has 0 aromatic carbocycles. The fourth-order valence-corrected chi connectivity index (χ4v) is 1.90. The summed E-state index contributed by atoms with van der Waals surface area (Å²) < 4.78 is 5.00. The molecule has 0 radical (unpaired) electrons. The van der Waals surface area contributed by atoms with Crippen LogP contribution in [0.15, 0.2) is 0 Å². The maximum Gasteiger partial charge on any atom is 0.406 e. The number of hydrogen-bond acceptors (Lipinski definition) is 3. The van der Waals surface area contributed by atoms with Crippen molar-refractivity contribution in [3.05, 3.63) is 0 Å². The van der Waals surface area contributed by atoms with Crippen molar-refractivity contribution in [2.45, 2.75) is 19.3 Å². The van der Waals surface area contributed by atoms with E-state index in [1.807, 2.05) is 0 Å². The van der Waals surface area contributed by atoms with E-state index in [2.05, 4.69) is 5.32 Å². The number of nitrogens with two attached hydrogens (primary N) is 1. The van der Waals surface area contributed by atoms with E-state index in [0.717, 1.165) is 6.42 Å². The van der Waals surface area contributed by atoms with Crippen LogP contribution in [-0.4, -0.2) is 26.3 Å². The lowest BCUT2D eigenvalue weighted by Gasteiger charge is -2.17. The molecule has 13 heavy (non-hydrogen) atoms. The van der Waals surface area contributed by atoms with Gasteiger partial charge < -0.3 is 15.8 Å². The van der Waals surface area contributed by atoms with Gasteiger partial charge in [0, 0.05) is 7.05 Å². The topological polar surface area (TPSA) is 64.3 Å². The molecule has 0 aliphatic heterocycles. The number of carbonyl (C=O) groups is 1. The van der Waals surface area contributed by atoms with Crippen LogP contribution in [0.1, 0.15) is 19.3 Å². The van der Waals surface area contributed by atoms with Crippen molar-refractivity contribution in [1.82, 2.24) is 5.32 Å². The quantitative estimate of drug-likeness (QED) is 0.682. The average Bonchev–Trinajstić information content (AvgIpc) is 2.61. The van der Waals surface area contributed by atoms with Crippen LogP contribution in [-0.2, 0) is 4.74 Å². The first-order valence-electron chi connectivity index (χ1n) is 4.82. The number of rotatable bonds is 3. The molecule has 0 heterocycles. The van der Waals surface area contributed by atoms with Crippen molar-refractivity contribution in [2.75, 3.05) is 20.2 Å². The number of carbonyl (C=O) groups excluding carboxylic acids is 1. The molecule has 0 bridgehead atoms. The minimum Gasteiger partial charge on any atom is -0.449 e. The van der Waals surface area contributed by atoms with E-state index in [-0.39, 0.29) is 6.09 Å². The van der Waals surface area contributed by atoms with Crippen LogP contribution in [0.5, 0.6) is 0 Å². The lowest BCUT2D eigenvalue weighted by molar-refractivity contribution is 0.119. The second-order valence-corrected chi connectivity index (χ2v) is 3.54. The molecule has 1 saturated carbocycles. The highest BCUT2D eigenvalue weighted by atomic mass is 16.5. The summed E-state index contributed by atoms with van der Waals surface area (Å²) in [7, 11) is 1.57. The van der Waals surface area contributed by atoms with Crippen LogP contribution in [0, 0.1) is 11.8 Å². The third kappa shape index (κ3) is 2.88. The molecule has 76 valence electrons. The van der Waals surface area contributed by atoms with Crippen LogP contribution < -0.4 is 11.1 Å². The first kappa shape index (κ1) is 10.3. The lowest BCUT2D eigenvalue weighted by Crippen LogP contribution is -2.26. The maximum atomic E-state index is 10.8. The molecule has 2 unspecified atom stereocenters. The smallest absolute Gasteiger partial charge is 0.406 e. The van der Waals surface area contributed by atoms with Gasteiger partial charge in [-0.15, -0.1) is 0 Å². The van der Waals surface area contributed by atoms with Crippen molar-refractivity contribution >= 4 is 6.09 Å². The van der Waals surface area contributed by atoms with Crippen molar-refractivity contribution < 1.29 is 9.53 Å². The van der Waals surface area contributed by atoms with Gasteiger partial charge in [-0.3, -0.25) is 0 Å². The number of ether oxygens (including phenoxy) is 1. The summed E-state index contributed by atoms with van der Waals surface area (Å²) in [6, 6.07) is 0. The third-order valence-electron chi connectivity index (χ3n) is 2.75. The van der Waals surface area contributed by atoms with E-state index in [1.165, 1.54) is 12.8 Å². The summed E-state index contributed by atoms with van der Waals surface area (Å²) in [6.45, 7) is 1.23. The Morgan fingerprint density at radius 2 is 2.23 bits per heavy atom. The maximum absolute atomic E-state index is 10.8. The van der Waals surface area contributed by atoms with Crippen LogP contribution >= 0.6 is 0 Å². The fourth-order valence-electron chi connectivity index (χ4n) is 1.90. The first-order chi connectivity index (χ1) is 6.27. The highest BCUT2D eigenvalue weighted by molar-refractivity contribution is 5.66. The largest absolute Gasteiger partial charge is 0.449 e. The predicted molar refractivity (Wildman–Crippen MR) is 50.3 cm³/mol. The number of hydrogen-bond donors (Lipinski definition) is 2. The van der Waals surface area contributed by atoms with Crippen molar-refractivity contribution in [3.8, 4) is 0 Å². The van der Waals surface area contributed by atoms with Gasteiger partial charge in [-0.05, 0) is 31.2 Å². The second kappa shape index (κ2) is 5.07. The van der Waals surface area contributed by atoms with Crippen LogP contribution in [0.25, 0.3) is 0 Å². The Balaban J connectivity index is 2.23. The fraction of sp³-hybridized carbons (Fsp3) is 0.889. The van der Waals surface area contributed by atoms with E-state index in [9.17, 15) is 4.79 Å². The van der Waals surface area contributed by atoms with Gasteiger partial charge in [-0.1, -0.05) is 6.42 Å². The highest BCUT2D eigenvalue weighted by Gasteiger charge is 2.26. The van der Waals surface area contributed by atoms with Crippen LogP contribution in [0.3, 0.4) is 0 Å². The molecule has 1 aliphatic rings. The molecule has 1 amide bonds.